The summed E-state index contributed by atoms with van der Waals surface area (Å²) in [5, 5.41) is 5.38. The summed E-state index contributed by atoms with van der Waals surface area (Å²) < 4.78 is 0. The molecule has 0 aliphatic carbocycles. The van der Waals surface area contributed by atoms with Crippen molar-refractivity contribution >= 4 is 11.9 Å². The molecule has 0 unspecified atom stereocenters. The standard InChI is InChI=1S/C7H11N3O2.C2H6/c11-6-1-2-10(7(12)9-6)5-3-8-4-5;1-2/h5,8H,1-4H2,(H,9,11,12);1-2H3. The number of hydrogen-bond acceptors (Lipinski definition) is 3. The average Bonchev–Trinajstić information content (AvgIpc) is 2.10. The van der Waals surface area contributed by atoms with Crippen LogP contribution in [0, 0.1) is 0 Å². The van der Waals surface area contributed by atoms with Crippen molar-refractivity contribution in [2.75, 3.05) is 19.6 Å². The van der Waals surface area contributed by atoms with Crippen molar-refractivity contribution in [1.82, 2.24) is 15.5 Å². The minimum absolute atomic E-state index is 0.163. The Labute approximate surface area is 83.8 Å². The Balaban J connectivity index is 0.000000461. The van der Waals surface area contributed by atoms with Gasteiger partial charge in [0.15, 0.2) is 0 Å². The normalized spacial score (nSPS) is 22.0. The highest BCUT2D eigenvalue weighted by Crippen LogP contribution is 2.09. The molecule has 0 bridgehead atoms. The van der Waals surface area contributed by atoms with Gasteiger partial charge in [0.1, 0.15) is 0 Å². The van der Waals surface area contributed by atoms with E-state index in [2.05, 4.69) is 10.6 Å². The van der Waals surface area contributed by atoms with Gasteiger partial charge in [-0.15, -0.1) is 0 Å². The number of carbonyl (C=O) groups is 2. The lowest BCUT2D eigenvalue weighted by Gasteiger charge is -2.39. The lowest BCUT2D eigenvalue weighted by molar-refractivity contribution is -0.121. The van der Waals surface area contributed by atoms with Crippen LogP contribution in [0.2, 0.25) is 0 Å². The van der Waals surface area contributed by atoms with Crippen molar-refractivity contribution in [2.24, 2.45) is 0 Å². The first-order valence-electron chi connectivity index (χ1n) is 5.08. The quantitative estimate of drug-likeness (QED) is 0.621. The van der Waals surface area contributed by atoms with E-state index in [4.69, 9.17) is 0 Å². The summed E-state index contributed by atoms with van der Waals surface area (Å²) >= 11 is 0. The van der Waals surface area contributed by atoms with Gasteiger partial charge >= 0.3 is 6.03 Å². The Kier molecular flexibility index (Phi) is 3.88. The molecular weight excluding hydrogens is 182 g/mol. The van der Waals surface area contributed by atoms with E-state index in [0.29, 0.717) is 13.0 Å². The molecule has 0 radical (unpaired) electrons. The molecule has 0 atom stereocenters. The molecule has 5 nitrogen and oxygen atoms in total. The Bertz CT molecular complexity index is 226. The predicted molar refractivity (Wildman–Crippen MR) is 52.9 cm³/mol. The number of hydrogen-bond donors (Lipinski definition) is 2. The van der Waals surface area contributed by atoms with E-state index < -0.39 is 0 Å². The summed E-state index contributed by atoms with van der Waals surface area (Å²) in [4.78, 5) is 23.7. The van der Waals surface area contributed by atoms with Gasteiger partial charge < -0.3 is 10.2 Å². The van der Waals surface area contributed by atoms with Crippen LogP contribution in [0.25, 0.3) is 0 Å². The number of urea groups is 1. The van der Waals surface area contributed by atoms with Gasteiger partial charge in [-0.25, -0.2) is 4.79 Å². The maximum absolute atomic E-state index is 11.2. The van der Waals surface area contributed by atoms with E-state index in [0.717, 1.165) is 13.1 Å². The van der Waals surface area contributed by atoms with Crippen molar-refractivity contribution in [3.8, 4) is 0 Å². The smallest absolute Gasteiger partial charge is 0.318 e. The topological polar surface area (TPSA) is 61.4 Å². The second kappa shape index (κ2) is 4.95. The Hall–Kier alpha value is -1.10. The minimum atomic E-state index is -0.238. The fraction of sp³-hybridized carbons (Fsp3) is 0.778. The van der Waals surface area contributed by atoms with Gasteiger partial charge in [0.2, 0.25) is 5.91 Å². The maximum atomic E-state index is 11.2. The van der Waals surface area contributed by atoms with Gasteiger partial charge in [0.25, 0.3) is 0 Å². The van der Waals surface area contributed by atoms with Crippen LogP contribution in [0.5, 0.6) is 0 Å². The molecule has 0 saturated carbocycles. The molecule has 0 spiro atoms. The number of imide groups is 1. The Morgan fingerprint density at radius 2 is 1.93 bits per heavy atom. The van der Waals surface area contributed by atoms with Gasteiger partial charge in [-0.05, 0) is 0 Å². The van der Waals surface area contributed by atoms with Crippen molar-refractivity contribution in [1.29, 1.82) is 0 Å². The van der Waals surface area contributed by atoms with Gasteiger partial charge in [-0.1, -0.05) is 13.8 Å². The van der Waals surface area contributed by atoms with Crippen LogP contribution < -0.4 is 10.6 Å². The summed E-state index contributed by atoms with van der Waals surface area (Å²) in [6.07, 6.45) is 0.433. The van der Waals surface area contributed by atoms with Crippen LogP contribution in [-0.2, 0) is 4.79 Å². The zero-order valence-electron chi connectivity index (χ0n) is 8.67. The molecule has 2 aliphatic rings. The van der Waals surface area contributed by atoms with Crippen LogP contribution in [-0.4, -0.2) is 42.5 Å². The fourth-order valence-electron chi connectivity index (χ4n) is 1.42. The van der Waals surface area contributed by atoms with E-state index in [1.807, 2.05) is 13.8 Å². The summed E-state index contributed by atoms with van der Waals surface area (Å²) in [5.41, 5.74) is 0. The van der Waals surface area contributed by atoms with Crippen LogP contribution >= 0.6 is 0 Å². The molecule has 0 aromatic carbocycles. The first kappa shape index (κ1) is 11.0. The lowest BCUT2D eigenvalue weighted by atomic mass is 10.1. The van der Waals surface area contributed by atoms with Gasteiger partial charge in [0, 0.05) is 26.1 Å². The van der Waals surface area contributed by atoms with E-state index >= 15 is 0 Å². The SMILES string of the molecule is CC.O=C1CCN(C2CNC2)C(=O)N1. The highest BCUT2D eigenvalue weighted by atomic mass is 16.2. The molecular formula is C9H17N3O2. The van der Waals surface area contributed by atoms with Crippen LogP contribution in [0.4, 0.5) is 4.79 Å². The highest BCUT2D eigenvalue weighted by molar-refractivity contribution is 5.96. The molecule has 2 rings (SSSR count). The van der Waals surface area contributed by atoms with E-state index in [1.54, 1.807) is 4.90 Å². The zero-order valence-corrected chi connectivity index (χ0v) is 8.67. The maximum Gasteiger partial charge on any atom is 0.324 e. The molecule has 14 heavy (non-hydrogen) atoms. The van der Waals surface area contributed by atoms with Crippen LogP contribution in [0.15, 0.2) is 0 Å². The minimum Gasteiger partial charge on any atom is -0.318 e. The Morgan fingerprint density at radius 3 is 2.36 bits per heavy atom. The summed E-state index contributed by atoms with van der Waals surface area (Å²) in [5.74, 6) is -0.163. The molecule has 2 heterocycles. The van der Waals surface area contributed by atoms with E-state index in [-0.39, 0.29) is 18.0 Å². The molecule has 5 heteroatoms. The molecule has 2 N–H and O–H groups in total. The monoisotopic (exact) mass is 199 g/mol. The molecule has 3 amide bonds. The second-order valence-corrected chi connectivity index (χ2v) is 3.11. The number of nitrogens with zero attached hydrogens (tertiary/aromatic N) is 1. The lowest BCUT2D eigenvalue weighted by Crippen LogP contribution is -2.63. The molecule has 0 aromatic heterocycles. The third-order valence-electron chi connectivity index (χ3n) is 2.29. The number of rotatable bonds is 1. The first-order valence-corrected chi connectivity index (χ1v) is 5.08. The fourth-order valence-corrected chi connectivity index (χ4v) is 1.42. The molecule has 0 aromatic rings. The third-order valence-corrected chi connectivity index (χ3v) is 2.29. The third kappa shape index (κ3) is 2.23. The van der Waals surface area contributed by atoms with Gasteiger partial charge in [-0.2, -0.15) is 0 Å². The average molecular weight is 199 g/mol. The first-order chi connectivity index (χ1) is 6.77. The molecule has 80 valence electrons. The van der Waals surface area contributed by atoms with Crippen molar-refractivity contribution in [3.63, 3.8) is 0 Å². The second-order valence-electron chi connectivity index (χ2n) is 3.11. The van der Waals surface area contributed by atoms with Crippen LogP contribution in [0.1, 0.15) is 20.3 Å². The van der Waals surface area contributed by atoms with Gasteiger partial charge in [-0.3, -0.25) is 10.1 Å². The predicted octanol–water partition coefficient (Wildman–Crippen LogP) is -0.0737. The van der Waals surface area contributed by atoms with Gasteiger partial charge in [0.05, 0.1) is 6.04 Å². The number of carbonyl (C=O) groups excluding carboxylic acids is 2. The summed E-state index contributed by atoms with van der Waals surface area (Å²) in [6.45, 7) is 6.26. The molecule has 2 fully saturated rings. The number of nitrogens with one attached hydrogen (secondary N) is 2. The zero-order chi connectivity index (χ0) is 10.6. The van der Waals surface area contributed by atoms with Crippen molar-refractivity contribution in [2.45, 2.75) is 26.3 Å². The molecule has 2 aliphatic heterocycles. The van der Waals surface area contributed by atoms with E-state index in [9.17, 15) is 9.59 Å². The highest BCUT2D eigenvalue weighted by Gasteiger charge is 2.32. The summed E-state index contributed by atoms with van der Waals surface area (Å²) in [7, 11) is 0. The molecule has 2 saturated heterocycles. The van der Waals surface area contributed by atoms with Crippen molar-refractivity contribution < 1.29 is 9.59 Å². The Morgan fingerprint density at radius 1 is 1.29 bits per heavy atom. The largest absolute Gasteiger partial charge is 0.324 e. The van der Waals surface area contributed by atoms with E-state index in [1.165, 1.54) is 0 Å². The summed E-state index contributed by atoms with van der Waals surface area (Å²) in [6, 6.07) is 0.0517. The number of amides is 3. The van der Waals surface area contributed by atoms with Crippen LogP contribution in [0.3, 0.4) is 0 Å². The van der Waals surface area contributed by atoms with Crippen molar-refractivity contribution in [3.05, 3.63) is 0 Å².